The van der Waals surface area contributed by atoms with Crippen molar-refractivity contribution < 1.29 is 19.1 Å². The quantitative estimate of drug-likeness (QED) is 0.221. The van der Waals surface area contributed by atoms with Crippen LogP contribution in [-0.2, 0) is 22.5 Å². The van der Waals surface area contributed by atoms with E-state index in [9.17, 15) is 9.59 Å². The smallest absolute Gasteiger partial charge is 0.407 e. The van der Waals surface area contributed by atoms with Crippen LogP contribution in [0.5, 0.6) is 5.75 Å². The van der Waals surface area contributed by atoms with Crippen molar-refractivity contribution in [2.75, 3.05) is 44.9 Å². The third kappa shape index (κ3) is 9.11. The van der Waals surface area contributed by atoms with Crippen LogP contribution in [-0.4, -0.2) is 69.0 Å². The van der Waals surface area contributed by atoms with E-state index in [1.165, 1.54) is 11.1 Å². The maximum atomic E-state index is 13.4. The first-order valence-corrected chi connectivity index (χ1v) is 14.8. The average Bonchev–Trinajstić information content (AvgIpc) is 2.98. The monoisotopic (exact) mass is 577 g/mol. The number of nitrogens with one attached hydrogen (secondary N) is 2. The van der Waals surface area contributed by atoms with E-state index in [1.54, 1.807) is 0 Å². The zero-order valence-electron chi connectivity index (χ0n) is 24.9. The summed E-state index contributed by atoms with van der Waals surface area (Å²) < 4.78 is 11.4. The number of carbonyl (C=O) groups is 2. The highest BCUT2D eigenvalue weighted by atomic mass is 16.5. The summed E-state index contributed by atoms with van der Waals surface area (Å²) in [6.07, 6.45) is 3.21. The Kier molecular flexibility index (Phi) is 11.5. The Bertz CT molecular complexity index is 1260. The normalized spacial score (nSPS) is 20.7. The molecular weight excluding hydrogens is 534 g/mol. The number of carbonyl (C=O) groups excluding carboxylic acids is 2. The number of hydrogen-bond acceptors (Lipinski definition) is 7. The molecule has 1 atom stereocenters. The Morgan fingerprint density at radius 2 is 2.00 bits per heavy atom. The van der Waals surface area contributed by atoms with Gasteiger partial charge in [0.15, 0.2) is 0 Å². The Hall–Kier alpha value is -3.79. The van der Waals surface area contributed by atoms with E-state index in [4.69, 9.17) is 15.0 Å². The van der Waals surface area contributed by atoms with Gasteiger partial charge in [0.05, 0.1) is 19.4 Å². The molecule has 0 spiro atoms. The van der Waals surface area contributed by atoms with Crippen molar-refractivity contribution in [2.45, 2.75) is 64.6 Å². The predicted molar refractivity (Wildman–Crippen MR) is 162 cm³/mol. The zero-order chi connectivity index (χ0) is 29.9. The topological polar surface area (TPSA) is 132 Å². The Morgan fingerprint density at radius 3 is 2.74 bits per heavy atom. The lowest BCUT2D eigenvalue weighted by atomic mass is 9.86. The molecule has 1 heterocycles. The van der Waals surface area contributed by atoms with Crippen molar-refractivity contribution in [3.8, 4) is 5.75 Å². The predicted octanol–water partition coefficient (Wildman–Crippen LogP) is 4.93. The number of anilines is 1. The minimum Gasteiger partial charge on any atom is -0.490 e. The van der Waals surface area contributed by atoms with Gasteiger partial charge in [-0.05, 0) is 86.0 Å². The molecule has 2 fully saturated rings. The van der Waals surface area contributed by atoms with Crippen LogP contribution in [0, 0.1) is 12.8 Å². The highest BCUT2D eigenvalue weighted by Crippen LogP contribution is 2.31. The molecule has 226 valence electrons. The second-order valence-electron chi connectivity index (χ2n) is 11.3. The molecule has 2 amide bonds. The number of amides is 2. The van der Waals surface area contributed by atoms with Crippen LogP contribution < -0.4 is 20.3 Å². The third-order valence-corrected chi connectivity index (χ3v) is 8.10. The van der Waals surface area contributed by atoms with Gasteiger partial charge in [0.25, 0.3) is 0 Å². The van der Waals surface area contributed by atoms with Gasteiger partial charge in [0.1, 0.15) is 5.75 Å². The van der Waals surface area contributed by atoms with Crippen LogP contribution in [0.25, 0.3) is 10.4 Å². The average molecular weight is 578 g/mol. The van der Waals surface area contributed by atoms with Crippen LogP contribution in [0.2, 0.25) is 0 Å². The summed E-state index contributed by atoms with van der Waals surface area (Å²) in [6.45, 7) is 8.48. The van der Waals surface area contributed by atoms with E-state index in [-0.39, 0.29) is 31.2 Å². The minimum atomic E-state index is -0.626. The first kappa shape index (κ1) is 31.2. The second kappa shape index (κ2) is 15.4. The molecule has 0 bridgehead atoms. The summed E-state index contributed by atoms with van der Waals surface area (Å²) >= 11 is 0. The summed E-state index contributed by atoms with van der Waals surface area (Å²) in [5.41, 5.74) is 12.7. The minimum absolute atomic E-state index is 0.00866. The molecule has 2 aliphatic rings. The molecular formula is C31H43N7O4. The summed E-state index contributed by atoms with van der Waals surface area (Å²) in [5, 5.41) is 9.07. The van der Waals surface area contributed by atoms with E-state index in [2.05, 4.69) is 57.6 Å². The van der Waals surface area contributed by atoms with Crippen LogP contribution in [0.3, 0.4) is 0 Å². The lowest BCUT2D eigenvalue weighted by Gasteiger charge is -2.32. The molecule has 2 aromatic carbocycles. The van der Waals surface area contributed by atoms with E-state index < -0.39 is 6.09 Å². The number of aryl methyl sites for hydroxylation is 1. The van der Waals surface area contributed by atoms with Crippen molar-refractivity contribution in [1.29, 1.82) is 0 Å². The molecule has 11 nitrogen and oxygen atoms in total. The molecule has 1 saturated carbocycles. The molecule has 2 N–H and O–H groups in total. The Morgan fingerprint density at radius 1 is 1.19 bits per heavy atom. The summed E-state index contributed by atoms with van der Waals surface area (Å²) in [5.74, 6) is 0.936. The fraction of sp³-hybridized carbons (Fsp3) is 0.548. The van der Waals surface area contributed by atoms with Gasteiger partial charge in [-0.3, -0.25) is 9.69 Å². The van der Waals surface area contributed by atoms with Gasteiger partial charge in [-0.25, -0.2) is 4.79 Å². The van der Waals surface area contributed by atoms with Crippen molar-refractivity contribution in [3.63, 3.8) is 0 Å². The highest BCUT2D eigenvalue weighted by Gasteiger charge is 2.30. The van der Waals surface area contributed by atoms with Gasteiger partial charge in [-0.15, -0.1) is 0 Å². The van der Waals surface area contributed by atoms with Gasteiger partial charge < -0.3 is 25.0 Å². The highest BCUT2D eigenvalue weighted by molar-refractivity contribution is 5.94. The number of nitrogens with zero attached hydrogens (tertiary/aromatic N) is 5. The van der Waals surface area contributed by atoms with Crippen LogP contribution in [0.1, 0.15) is 49.3 Å². The van der Waals surface area contributed by atoms with Gasteiger partial charge in [-0.1, -0.05) is 23.3 Å². The molecule has 0 aromatic heterocycles. The largest absolute Gasteiger partial charge is 0.490 e. The fourth-order valence-electron chi connectivity index (χ4n) is 5.70. The maximum Gasteiger partial charge on any atom is 0.407 e. The molecule has 2 aromatic rings. The van der Waals surface area contributed by atoms with Gasteiger partial charge in [0.2, 0.25) is 5.91 Å². The van der Waals surface area contributed by atoms with Crippen molar-refractivity contribution >= 4 is 17.7 Å². The first-order chi connectivity index (χ1) is 20.3. The summed E-state index contributed by atoms with van der Waals surface area (Å²) in [4.78, 5) is 31.8. The molecule has 1 aliphatic carbocycles. The number of ether oxygens (including phenoxy) is 2. The van der Waals surface area contributed by atoms with Gasteiger partial charge in [0, 0.05) is 62.2 Å². The molecule has 0 unspecified atom stereocenters. The van der Waals surface area contributed by atoms with E-state index in [0.717, 1.165) is 68.9 Å². The first-order valence-electron chi connectivity index (χ1n) is 14.8. The second-order valence-corrected chi connectivity index (χ2v) is 11.3. The van der Waals surface area contributed by atoms with Gasteiger partial charge in [-0.2, -0.15) is 0 Å². The number of benzene rings is 2. The molecule has 11 heteroatoms. The number of hydrogen-bond donors (Lipinski definition) is 2. The molecule has 1 saturated heterocycles. The van der Waals surface area contributed by atoms with Crippen molar-refractivity contribution in [3.05, 3.63) is 69.6 Å². The maximum absolute atomic E-state index is 13.4. The van der Waals surface area contributed by atoms with Gasteiger partial charge >= 0.3 is 6.09 Å². The van der Waals surface area contributed by atoms with E-state index in [0.29, 0.717) is 12.5 Å². The Labute approximate surface area is 248 Å². The van der Waals surface area contributed by atoms with Crippen molar-refractivity contribution in [1.82, 2.24) is 15.5 Å². The van der Waals surface area contributed by atoms with Crippen molar-refractivity contribution in [2.24, 2.45) is 11.0 Å². The summed E-state index contributed by atoms with van der Waals surface area (Å²) in [6, 6.07) is 14.7. The van der Waals surface area contributed by atoms with Crippen LogP contribution in [0.15, 0.2) is 47.6 Å². The molecule has 42 heavy (non-hydrogen) atoms. The number of piperazine rings is 1. The number of rotatable bonds is 11. The molecule has 4 rings (SSSR count). The number of azide groups is 1. The SMILES string of the molecule is Cc1cc(N(C)C(=O)C2CCC(Oc3cccc(CCOC(=O)NCN=[N+]=[N-])c3)CC2)ccc1CN1CCN[C@@H](C)C1. The zero-order valence-corrected chi connectivity index (χ0v) is 24.9. The molecule has 0 radical (unpaired) electrons. The lowest BCUT2D eigenvalue weighted by Crippen LogP contribution is -2.48. The van der Waals surface area contributed by atoms with E-state index in [1.807, 2.05) is 36.2 Å². The lowest BCUT2D eigenvalue weighted by molar-refractivity contribution is -0.123. The number of alkyl carbamates (subject to hydrolysis) is 1. The van der Waals surface area contributed by atoms with Crippen LogP contribution >= 0.6 is 0 Å². The fourth-order valence-corrected chi connectivity index (χ4v) is 5.70. The molecule has 1 aliphatic heterocycles. The third-order valence-electron chi connectivity index (χ3n) is 8.10. The summed E-state index contributed by atoms with van der Waals surface area (Å²) in [7, 11) is 1.89. The van der Waals surface area contributed by atoms with E-state index >= 15 is 0 Å². The Balaban J connectivity index is 1.22. The standard InChI is InChI=1S/C31H43N7O4/c1-22-17-27(10-7-26(22)20-38-15-14-33-23(2)19-38)37(3)30(39)25-8-11-28(12-9-25)42-29-6-4-5-24(18-29)13-16-41-31(40)34-21-35-36-32/h4-7,10,17-18,23,25,28,33H,8-9,11-16,19-21H2,1-3H3,(H,34,40)/t23-,25?,28?/m0/s1. The van der Waals surface area contributed by atoms with Crippen LogP contribution in [0.4, 0.5) is 10.5 Å².